The van der Waals surface area contributed by atoms with E-state index in [1.54, 1.807) is 6.07 Å². The van der Waals surface area contributed by atoms with Crippen LogP contribution in [0.15, 0.2) is 60.7 Å². The van der Waals surface area contributed by atoms with Crippen molar-refractivity contribution < 1.29 is 4.79 Å². The maximum atomic E-state index is 12.4. The molecule has 0 atom stereocenters. The van der Waals surface area contributed by atoms with Gasteiger partial charge in [0.1, 0.15) is 0 Å². The summed E-state index contributed by atoms with van der Waals surface area (Å²) in [5.41, 5.74) is 1.40. The summed E-state index contributed by atoms with van der Waals surface area (Å²) in [7, 11) is 0. The van der Waals surface area contributed by atoms with Gasteiger partial charge in [0.2, 0.25) is 0 Å². The van der Waals surface area contributed by atoms with Crippen LogP contribution in [0.2, 0.25) is 5.02 Å². The van der Waals surface area contributed by atoms with Gasteiger partial charge in [-0.15, -0.1) is 0 Å². The third kappa shape index (κ3) is 2.79. The van der Waals surface area contributed by atoms with Crippen molar-refractivity contribution in [2.24, 2.45) is 0 Å². The van der Waals surface area contributed by atoms with Crippen LogP contribution in [0.25, 0.3) is 21.0 Å². The molecule has 0 aliphatic carbocycles. The molecule has 4 rings (SSSR count). The third-order valence-electron chi connectivity index (χ3n) is 3.58. The number of nitrogens with zero attached hydrogens (tertiary/aromatic N) is 1. The third-order valence-corrected chi connectivity index (χ3v) is 4.77. The zero-order valence-corrected chi connectivity index (χ0v) is 13.5. The Morgan fingerprint density at radius 2 is 1.83 bits per heavy atom. The lowest BCUT2D eigenvalue weighted by Gasteiger charge is -2.03. The summed E-state index contributed by atoms with van der Waals surface area (Å²) in [5.74, 6) is -0.166. The molecule has 0 saturated heterocycles. The first kappa shape index (κ1) is 14.2. The summed E-state index contributed by atoms with van der Waals surface area (Å²) in [4.78, 5) is 16.8. The second-order valence-corrected chi connectivity index (χ2v) is 6.61. The Labute approximate surface area is 141 Å². The fourth-order valence-corrected chi connectivity index (χ4v) is 3.46. The Morgan fingerprint density at radius 1 is 1.00 bits per heavy atom. The highest BCUT2D eigenvalue weighted by atomic mass is 35.5. The number of nitrogens with one attached hydrogen (secondary N) is 1. The Balaban J connectivity index is 1.64. The van der Waals surface area contributed by atoms with Crippen molar-refractivity contribution >= 4 is 55.0 Å². The first-order valence-electron chi connectivity index (χ1n) is 7.05. The molecule has 23 heavy (non-hydrogen) atoms. The van der Waals surface area contributed by atoms with E-state index in [2.05, 4.69) is 10.3 Å². The van der Waals surface area contributed by atoms with Gasteiger partial charge in [-0.3, -0.25) is 10.1 Å². The molecule has 1 amide bonds. The van der Waals surface area contributed by atoms with Crippen molar-refractivity contribution in [2.45, 2.75) is 0 Å². The number of fused-ring (bicyclic) bond motifs is 2. The first-order valence-corrected chi connectivity index (χ1v) is 8.25. The minimum Gasteiger partial charge on any atom is -0.298 e. The number of carbonyl (C=O) groups is 1. The predicted molar refractivity (Wildman–Crippen MR) is 96.5 cm³/mol. The average molecular weight is 339 g/mol. The van der Waals surface area contributed by atoms with E-state index in [1.807, 2.05) is 54.6 Å². The number of anilines is 1. The Morgan fingerprint density at radius 3 is 2.70 bits per heavy atom. The predicted octanol–water partition coefficient (Wildman–Crippen LogP) is 5.36. The van der Waals surface area contributed by atoms with E-state index < -0.39 is 0 Å². The van der Waals surface area contributed by atoms with E-state index in [-0.39, 0.29) is 5.91 Å². The van der Waals surface area contributed by atoms with Gasteiger partial charge >= 0.3 is 0 Å². The molecule has 0 saturated carbocycles. The topological polar surface area (TPSA) is 42.0 Å². The fraction of sp³-hybridized carbons (Fsp3) is 0. The monoisotopic (exact) mass is 338 g/mol. The molecular formula is C18H11ClN2OS. The molecule has 1 aromatic heterocycles. The van der Waals surface area contributed by atoms with E-state index in [0.29, 0.717) is 15.7 Å². The van der Waals surface area contributed by atoms with Crippen molar-refractivity contribution in [3.63, 3.8) is 0 Å². The molecule has 0 spiro atoms. The molecule has 0 aliphatic rings. The summed E-state index contributed by atoms with van der Waals surface area (Å²) in [5, 5.41) is 6.21. The van der Waals surface area contributed by atoms with Crippen molar-refractivity contribution in [3.05, 3.63) is 71.2 Å². The highest BCUT2D eigenvalue weighted by Gasteiger charge is 2.10. The number of rotatable bonds is 2. The van der Waals surface area contributed by atoms with Crippen molar-refractivity contribution in [1.82, 2.24) is 4.98 Å². The van der Waals surface area contributed by atoms with Crippen LogP contribution < -0.4 is 5.32 Å². The average Bonchev–Trinajstić information content (AvgIpc) is 2.95. The minimum absolute atomic E-state index is 0.166. The number of halogens is 1. The zero-order chi connectivity index (χ0) is 15.8. The number of carbonyl (C=O) groups excluding carboxylic acids is 1. The van der Waals surface area contributed by atoms with Gasteiger partial charge < -0.3 is 0 Å². The molecule has 1 heterocycles. The summed E-state index contributed by atoms with van der Waals surface area (Å²) < 4.78 is 0.989. The van der Waals surface area contributed by atoms with E-state index in [4.69, 9.17) is 11.6 Å². The minimum atomic E-state index is -0.166. The van der Waals surface area contributed by atoms with Gasteiger partial charge in [-0.2, -0.15) is 0 Å². The van der Waals surface area contributed by atoms with Gasteiger partial charge in [-0.05, 0) is 41.1 Å². The highest BCUT2D eigenvalue weighted by molar-refractivity contribution is 7.22. The number of amides is 1. The molecule has 0 unspecified atom stereocenters. The van der Waals surface area contributed by atoms with Crippen molar-refractivity contribution in [2.75, 3.05) is 5.32 Å². The highest BCUT2D eigenvalue weighted by Crippen LogP contribution is 2.28. The standard InChI is InChI=1S/C18H11ClN2OS/c19-14-7-8-16-15(10-14)20-18(23-16)21-17(22)13-6-5-11-3-1-2-4-12(11)9-13/h1-10H,(H,20,21,22). The van der Waals surface area contributed by atoms with Crippen LogP contribution >= 0.6 is 22.9 Å². The SMILES string of the molecule is O=C(Nc1nc2cc(Cl)ccc2s1)c1ccc2ccccc2c1. The molecule has 0 aliphatic heterocycles. The smallest absolute Gasteiger partial charge is 0.257 e. The van der Waals surface area contributed by atoms with Gasteiger partial charge in [0.15, 0.2) is 5.13 Å². The van der Waals surface area contributed by atoms with Crippen molar-refractivity contribution in [1.29, 1.82) is 0 Å². The summed E-state index contributed by atoms with van der Waals surface area (Å²) in [6.07, 6.45) is 0. The molecule has 4 aromatic rings. The number of aromatic nitrogens is 1. The maximum Gasteiger partial charge on any atom is 0.257 e. The van der Waals surface area contributed by atoms with Gasteiger partial charge in [0.25, 0.3) is 5.91 Å². The Bertz CT molecular complexity index is 1040. The normalized spacial score (nSPS) is 11.0. The number of thiazole rings is 1. The van der Waals surface area contributed by atoms with Crippen LogP contribution in [0, 0.1) is 0 Å². The molecule has 0 bridgehead atoms. The molecule has 0 radical (unpaired) electrons. The van der Waals surface area contributed by atoms with Crippen molar-refractivity contribution in [3.8, 4) is 0 Å². The molecule has 3 nitrogen and oxygen atoms in total. The second kappa shape index (κ2) is 5.65. The second-order valence-electron chi connectivity index (χ2n) is 5.15. The fourth-order valence-electron chi connectivity index (χ4n) is 2.45. The van der Waals surface area contributed by atoms with E-state index in [0.717, 1.165) is 21.0 Å². The van der Waals surface area contributed by atoms with E-state index in [1.165, 1.54) is 11.3 Å². The quantitative estimate of drug-likeness (QED) is 0.535. The van der Waals surface area contributed by atoms with Crippen LogP contribution in [0.4, 0.5) is 5.13 Å². The Kier molecular flexibility index (Phi) is 3.48. The lowest BCUT2D eigenvalue weighted by atomic mass is 10.1. The van der Waals surface area contributed by atoms with Crippen LogP contribution in [-0.4, -0.2) is 10.9 Å². The number of hydrogen-bond donors (Lipinski definition) is 1. The molecule has 0 fully saturated rings. The number of benzene rings is 3. The van der Waals surface area contributed by atoms with Gasteiger partial charge in [-0.25, -0.2) is 4.98 Å². The Hall–Kier alpha value is -2.43. The van der Waals surface area contributed by atoms with E-state index in [9.17, 15) is 4.79 Å². The summed E-state index contributed by atoms with van der Waals surface area (Å²) in [6.45, 7) is 0. The van der Waals surface area contributed by atoms with Crippen LogP contribution in [0.1, 0.15) is 10.4 Å². The summed E-state index contributed by atoms with van der Waals surface area (Å²) in [6, 6.07) is 19.1. The molecular weight excluding hydrogens is 328 g/mol. The first-order chi connectivity index (χ1) is 11.2. The molecule has 1 N–H and O–H groups in total. The summed E-state index contributed by atoms with van der Waals surface area (Å²) >= 11 is 7.39. The zero-order valence-electron chi connectivity index (χ0n) is 11.9. The van der Waals surface area contributed by atoms with Crippen LogP contribution in [0.5, 0.6) is 0 Å². The van der Waals surface area contributed by atoms with Gasteiger partial charge in [-0.1, -0.05) is 53.3 Å². The van der Waals surface area contributed by atoms with Crippen LogP contribution in [0.3, 0.4) is 0 Å². The largest absolute Gasteiger partial charge is 0.298 e. The maximum absolute atomic E-state index is 12.4. The van der Waals surface area contributed by atoms with E-state index >= 15 is 0 Å². The lowest BCUT2D eigenvalue weighted by Crippen LogP contribution is -2.11. The lowest BCUT2D eigenvalue weighted by molar-refractivity contribution is 0.102. The molecule has 112 valence electrons. The van der Waals surface area contributed by atoms with Crippen LogP contribution in [-0.2, 0) is 0 Å². The van der Waals surface area contributed by atoms with Gasteiger partial charge in [0, 0.05) is 10.6 Å². The van der Waals surface area contributed by atoms with Gasteiger partial charge in [0.05, 0.1) is 10.2 Å². The number of hydrogen-bond acceptors (Lipinski definition) is 3. The molecule has 5 heteroatoms. The molecule has 3 aromatic carbocycles.